The van der Waals surface area contributed by atoms with Gasteiger partial charge in [0.15, 0.2) is 11.2 Å². The maximum Gasteiger partial charge on any atom is 0.332 e. The highest BCUT2D eigenvalue weighted by Crippen LogP contribution is 2.24. The summed E-state index contributed by atoms with van der Waals surface area (Å²) >= 11 is 6.34. The van der Waals surface area contributed by atoms with E-state index in [0.717, 1.165) is 22.5 Å². The van der Waals surface area contributed by atoms with Crippen LogP contribution in [0.4, 0.5) is 0 Å². The molecule has 2 aromatic carbocycles. The van der Waals surface area contributed by atoms with E-state index in [-0.39, 0.29) is 12.1 Å². The molecule has 7 nitrogen and oxygen atoms in total. The number of fused-ring (bicyclic) bond motifs is 3. The smallest absolute Gasteiger partial charge is 0.283 e. The SMILES string of the molecule is Cc1ccc(-n2c(C)cn3c4c(=O)n(Cc5ccccc5)c(=O)n(C)c4nc23)cc1Cl. The Morgan fingerprint density at radius 2 is 1.77 bits per heavy atom. The number of aryl methyl sites for hydroxylation is 3. The second kappa shape index (κ2) is 6.99. The molecule has 0 aliphatic rings. The second-order valence-corrected chi connectivity index (χ2v) is 8.12. The van der Waals surface area contributed by atoms with Crippen molar-refractivity contribution in [2.75, 3.05) is 0 Å². The van der Waals surface area contributed by atoms with Crippen LogP contribution in [-0.4, -0.2) is 23.1 Å². The number of nitrogens with zero attached hydrogens (tertiary/aromatic N) is 5. The molecular formula is C23H20ClN5O2. The third kappa shape index (κ3) is 2.92. The van der Waals surface area contributed by atoms with Gasteiger partial charge in [0.1, 0.15) is 0 Å². The summed E-state index contributed by atoms with van der Waals surface area (Å²) in [5.74, 6) is 0.553. The fourth-order valence-corrected chi connectivity index (χ4v) is 4.13. The van der Waals surface area contributed by atoms with Gasteiger partial charge in [-0.05, 0) is 37.1 Å². The predicted molar refractivity (Wildman–Crippen MR) is 122 cm³/mol. The first kappa shape index (κ1) is 19.4. The van der Waals surface area contributed by atoms with E-state index in [1.807, 2.05) is 73.1 Å². The van der Waals surface area contributed by atoms with Crippen molar-refractivity contribution >= 4 is 28.5 Å². The van der Waals surface area contributed by atoms with Gasteiger partial charge in [0, 0.05) is 24.0 Å². The fraction of sp³-hybridized carbons (Fsp3) is 0.174. The lowest BCUT2D eigenvalue weighted by molar-refractivity contribution is 0.656. The summed E-state index contributed by atoms with van der Waals surface area (Å²) in [6.45, 7) is 4.08. The first-order valence-electron chi connectivity index (χ1n) is 9.87. The molecular weight excluding hydrogens is 414 g/mol. The molecule has 156 valence electrons. The Labute approximate surface area is 182 Å². The largest absolute Gasteiger partial charge is 0.332 e. The summed E-state index contributed by atoms with van der Waals surface area (Å²) < 4.78 is 6.36. The zero-order valence-electron chi connectivity index (χ0n) is 17.3. The van der Waals surface area contributed by atoms with E-state index < -0.39 is 5.69 Å². The molecule has 3 heterocycles. The number of aromatic nitrogens is 5. The molecule has 5 rings (SSSR count). The molecule has 0 fully saturated rings. The van der Waals surface area contributed by atoms with Gasteiger partial charge >= 0.3 is 5.69 Å². The Morgan fingerprint density at radius 3 is 2.48 bits per heavy atom. The number of benzene rings is 2. The minimum atomic E-state index is -0.399. The summed E-state index contributed by atoms with van der Waals surface area (Å²) in [6, 6.07) is 15.2. The summed E-state index contributed by atoms with van der Waals surface area (Å²) in [6.07, 6.45) is 1.86. The minimum Gasteiger partial charge on any atom is -0.283 e. The van der Waals surface area contributed by atoms with Gasteiger partial charge in [0.2, 0.25) is 5.78 Å². The topological polar surface area (TPSA) is 66.2 Å². The van der Waals surface area contributed by atoms with E-state index in [9.17, 15) is 9.59 Å². The van der Waals surface area contributed by atoms with Gasteiger partial charge in [0.25, 0.3) is 5.56 Å². The van der Waals surface area contributed by atoms with Gasteiger partial charge in [0.05, 0.1) is 12.2 Å². The van der Waals surface area contributed by atoms with E-state index in [2.05, 4.69) is 4.98 Å². The summed E-state index contributed by atoms with van der Waals surface area (Å²) in [4.78, 5) is 31.0. The van der Waals surface area contributed by atoms with Crippen LogP contribution in [0.2, 0.25) is 5.02 Å². The van der Waals surface area contributed by atoms with Gasteiger partial charge in [-0.25, -0.2) is 4.79 Å². The summed E-state index contributed by atoms with van der Waals surface area (Å²) in [7, 11) is 1.64. The first-order chi connectivity index (χ1) is 14.9. The van der Waals surface area contributed by atoms with E-state index in [1.165, 1.54) is 9.13 Å². The summed E-state index contributed by atoms with van der Waals surface area (Å²) in [5.41, 5.74) is 3.54. The average Bonchev–Trinajstić information content (AvgIpc) is 3.27. The van der Waals surface area contributed by atoms with Gasteiger partial charge in [-0.2, -0.15) is 4.98 Å². The standard InChI is InChI=1S/C23H20ClN5O2/c1-14-9-10-17(11-18(14)24)29-15(2)12-27-19-20(25-22(27)29)26(3)23(31)28(21(19)30)13-16-7-5-4-6-8-16/h4-12H,13H2,1-3H3. The lowest BCUT2D eigenvalue weighted by atomic mass is 10.2. The van der Waals surface area contributed by atoms with Crippen molar-refractivity contribution in [2.45, 2.75) is 20.4 Å². The minimum absolute atomic E-state index is 0.197. The van der Waals surface area contributed by atoms with Crippen LogP contribution in [0.25, 0.3) is 22.6 Å². The van der Waals surface area contributed by atoms with Crippen molar-refractivity contribution in [3.05, 3.63) is 97.4 Å². The van der Waals surface area contributed by atoms with Crippen LogP contribution >= 0.6 is 11.6 Å². The van der Waals surface area contributed by atoms with E-state index in [4.69, 9.17) is 11.6 Å². The number of hydrogen-bond acceptors (Lipinski definition) is 3. The van der Waals surface area contributed by atoms with E-state index in [1.54, 1.807) is 11.4 Å². The Hall–Kier alpha value is -3.58. The molecule has 5 aromatic rings. The van der Waals surface area contributed by atoms with Crippen molar-refractivity contribution in [2.24, 2.45) is 7.05 Å². The maximum atomic E-state index is 13.4. The lowest BCUT2D eigenvalue weighted by Gasteiger charge is -2.08. The van der Waals surface area contributed by atoms with Crippen molar-refractivity contribution < 1.29 is 0 Å². The van der Waals surface area contributed by atoms with E-state index >= 15 is 0 Å². The molecule has 0 unspecified atom stereocenters. The fourth-order valence-electron chi connectivity index (χ4n) is 3.96. The highest BCUT2D eigenvalue weighted by molar-refractivity contribution is 6.31. The number of halogens is 1. The molecule has 0 aliphatic carbocycles. The third-order valence-electron chi connectivity index (χ3n) is 5.62. The van der Waals surface area contributed by atoms with Gasteiger partial charge in [-0.1, -0.05) is 48.0 Å². The number of imidazole rings is 2. The van der Waals surface area contributed by atoms with Crippen molar-refractivity contribution in [1.29, 1.82) is 0 Å². The molecule has 0 saturated heterocycles. The average molecular weight is 434 g/mol. The Bertz CT molecular complexity index is 1590. The monoisotopic (exact) mass is 433 g/mol. The van der Waals surface area contributed by atoms with Crippen LogP contribution in [0.3, 0.4) is 0 Å². The predicted octanol–water partition coefficient (Wildman–Crippen LogP) is 3.46. The first-order valence-corrected chi connectivity index (χ1v) is 10.2. The molecule has 0 amide bonds. The van der Waals surface area contributed by atoms with Crippen molar-refractivity contribution in [3.8, 4) is 5.69 Å². The van der Waals surface area contributed by atoms with Gasteiger partial charge < -0.3 is 0 Å². The Kier molecular flexibility index (Phi) is 4.37. The van der Waals surface area contributed by atoms with Crippen LogP contribution in [0.5, 0.6) is 0 Å². The molecule has 0 aliphatic heterocycles. The van der Waals surface area contributed by atoms with Crippen LogP contribution in [-0.2, 0) is 13.6 Å². The van der Waals surface area contributed by atoms with Crippen molar-refractivity contribution in [1.82, 2.24) is 23.1 Å². The van der Waals surface area contributed by atoms with Crippen LogP contribution in [0.15, 0.2) is 64.3 Å². The molecule has 0 saturated carbocycles. The van der Waals surface area contributed by atoms with Crippen LogP contribution < -0.4 is 11.2 Å². The molecule has 8 heteroatoms. The van der Waals surface area contributed by atoms with Crippen LogP contribution in [0.1, 0.15) is 16.8 Å². The highest BCUT2D eigenvalue weighted by Gasteiger charge is 2.21. The lowest BCUT2D eigenvalue weighted by Crippen LogP contribution is -2.39. The second-order valence-electron chi connectivity index (χ2n) is 7.71. The maximum absolute atomic E-state index is 13.4. The molecule has 3 aromatic heterocycles. The Balaban J connectivity index is 1.81. The normalized spacial score (nSPS) is 11.6. The molecule has 31 heavy (non-hydrogen) atoms. The van der Waals surface area contributed by atoms with Gasteiger partial charge in [-0.15, -0.1) is 0 Å². The summed E-state index contributed by atoms with van der Waals surface area (Å²) in [5, 5.41) is 0.650. The molecule has 0 bridgehead atoms. The molecule has 0 spiro atoms. The molecule has 0 radical (unpaired) electrons. The zero-order valence-corrected chi connectivity index (χ0v) is 18.1. The molecule has 0 atom stereocenters. The zero-order chi connectivity index (χ0) is 21.9. The number of hydrogen-bond donors (Lipinski definition) is 0. The quantitative estimate of drug-likeness (QED) is 0.437. The van der Waals surface area contributed by atoms with Gasteiger partial charge in [-0.3, -0.25) is 22.9 Å². The Morgan fingerprint density at radius 1 is 1.03 bits per heavy atom. The third-order valence-corrected chi connectivity index (χ3v) is 6.03. The number of rotatable bonds is 3. The van der Waals surface area contributed by atoms with Crippen molar-refractivity contribution in [3.63, 3.8) is 0 Å². The van der Waals surface area contributed by atoms with E-state index in [0.29, 0.717) is 22.0 Å². The van der Waals surface area contributed by atoms with Crippen LogP contribution in [0, 0.1) is 13.8 Å². The highest BCUT2D eigenvalue weighted by atomic mass is 35.5. The molecule has 0 N–H and O–H groups in total.